The molecule has 1 aromatic carbocycles. The summed E-state index contributed by atoms with van der Waals surface area (Å²) in [5.74, 6) is 1.81. The van der Waals surface area contributed by atoms with Gasteiger partial charge in [0.05, 0.1) is 12.8 Å². The van der Waals surface area contributed by atoms with E-state index in [1.807, 2.05) is 6.07 Å². The van der Waals surface area contributed by atoms with Crippen LogP contribution in [0.1, 0.15) is 24.8 Å². The second-order valence-corrected chi connectivity index (χ2v) is 4.38. The Kier molecular flexibility index (Phi) is 3.14. The lowest BCUT2D eigenvalue weighted by Crippen LogP contribution is -2.21. The van der Waals surface area contributed by atoms with Crippen molar-refractivity contribution in [2.24, 2.45) is 5.92 Å². The molecule has 1 aliphatic carbocycles. The molecule has 0 spiro atoms. The standard InChI is InChI=1S/C13H19NO/c1-10-6-7-13(15-2)12(8-10)14-9-11-4-3-5-11/h6-8,11,14H,3-5,9H2,1-2H3. The lowest BCUT2D eigenvalue weighted by molar-refractivity contribution is 0.332. The first-order valence-corrected chi connectivity index (χ1v) is 5.68. The molecule has 1 aromatic rings. The summed E-state index contributed by atoms with van der Waals surface area (Å²) < 4.78 is 5.32. The van der Waals surface area contributed by atoms with E-state index in [4.69, 9.17) is 4.74 Å². The van der Waals surface area contributed by atoms with E-state index in [9.17, 15) is 0 Å². The highest BCUT2D eigenvalue weighted by molar-refractivity contribution is 5.58. The second kappa shape index (κ2) is 4.56. The maximum atomic E-state index is 5.32. The van der Waals surface area contributed by atoms with Gasteiger partial charge in [0.1, 0.15) is 5.75 Å². The van der Waals surface area contributed by atoms with Crippen LogP contribution in [-0.4, -0.2) is 13.7 Å². The van der Waals surface area contributed by atoms with Crippen molar-refractivity contribution >= 4 is 5.69 Å². The van der Waals surface area contributed by atoms with Crippen molar-refractivity contribution in [2.45, 2.75) is 26.2 Å². The molecule has 2 nitrogen and oxygen atoms in total. The van der Waals surface area contributed by atoms with Crippen LogP contribution in [0.25, 0.3) is 0 Å². The summed E-state index contributed by atoms with van der Waals surface area (Å²) in [6.45, 7) is 3.19. The van der Waals surface area contributed by atoms with Gasteiger partial charge in [-0.25, -0.2) is 0 Å². The number of rotatable bonds is 4. The van der Waals surface area contributed by atoms with Crippen LogP contribution in [0.3, 0.4) is 0 Å². The minimum absolute atomic E-state index is 0.871. The van der Waals surface area contributed by atoms with Crippen LogP contribution in [0.2, 0.25) is 0 Å². The Morgan fingerprint density at radius 1 is 1.40 bits per heavy atom. The number of methoxy groups -OCH3 is 1. The number of hydrogen-bond donors (Lipinski definition) is 1. The summed E-state index contributed by atoms with van der Waals surface area (Å²) in [4.78, 5) is 0. The lowest BCUT2D eigenvalue weighted by atomic mass is 9.85. The number of hydrogen-bond acceptors (Lipinski definition) is 2. The van der Waals surface area contributed by atoms with E-state index >= 15 is 0 Å². The van der Waals surface area contributed by atoms with Gasteiger partial charge in [0.15, 0.2) is 0 Å². The molecular formula is C13H19NO. The monoisotopic (exact) mass is 205 g/mol. The normalized spacial score (nSPS) is 15.9. The molecule has 1 N–H and O–H groups in total. The van der Waals surface area contributed by atoms with Gasteiger partial charge in [-0.3, -0.25) is 0 Å². The molecule has 0 bridgehead atoms. The van der Waals surface area contributed by atoms with E-state index < -0.39 is 0 Å². The first-order valence-electron chi connectivity index (χ1n) is 5.68. The summed E-state index contributed by atoms with van der Waals surface area (Å²) in [7, 11) is 1.72. The van der Waals surface area contributed by atoms with Crippen LogP contribution in [0, 0.1) is 12.8 Å². The van der Waals surface area contributed by atoms with Gasteiger partial charge in [0.2, 0.25) is 0 Å². The molecule has 0 heterocycles. The fraction of sp³-hybridized carbons (Fsp3) is 0.538. The van der Waals surface area contributed by atoms with Crippen molar-refractivity contribution in [3.63, 3.8) is 0 Å². The second-order valence-electron chi connectivity index (χ2n) is 4.38. The van der Waals surface area contributed by atoms with E-state index in [1.54, 1.807) is 7.11 Å². The van der Waals surface area contributed by atoms with Gasteiger partial charge in [0, 0.05) is 6.54 Å². The summed E-state index contributed by atoms with van der Waals surface area (Å²) in [5, 5.41) is 3.48. The molecule has 0 atom stereocenters. The van der Waals surface area contributed by atoms with Gasteiger partial charge < -0.3 is 10.1 Å². The molecular weight excluding hydrogens is 186 g/mol. The van der Waals surface area contributed by atoms with Gasteiger partial charge >= 0.3 is 0 Å². The van der Waals surface area contributed by atoms with Crippen LogP contribution in [0.15, 0.2) is 18.2 Å². The van der Waals surface area contributed by atoms with Crippen LogP contribution >= 0.6 is 0 Å². The smallest absolute Gasteiger partial charge is 0.141 e. The largest absolute Gasteiger partial charge is 0.495 e. The van der Waals surface area contributed by atoms with Crippen molar-refractivity contribution in [3.05, 3.63) is 23.8 Å². The minimum Gasteiger partial charge on any atom is -0.495 e. The maximum absolute atomic E-state index is 5.32. The van der Waals surface area contributed by atoms with E-state index in [1.165, 1.54) is 24.8 Å². The highest BCUT2D eigenvalue weighted by Crippen LogP contribution is 2.29. The molecule has 82 valence electrons. The Morgan fingerprint density at radius 3 is 2.80 bits per heavy atom. The van der Waals surface area contributed by atoms with E-state index in [0.29, 0.717) is 0 Å². The molecule has 1 saturated carbocycles. The van der Waals surface area contributed by atoms with Crippen LogP contribution in [-0.2, 0) is 0 Å². The molecule has 1 aliphatic rings. The number of benzene rings is 1. The predicted molar refractivity (Wildman–Crippen MR) is 63.6 cm³/mol. The zero-order valence-corrected chi connectivity index (χ0v) is 9.55. The molecule has 2 rings (SSSR count). The first-order chi connectivity index (χ1) is 7.29. The Labute approximate surface area is 91.6 Å². The van der Waals surface area contributed by atoms with Crippen LogP contribution in [0.5, 0.6) is 5.75 Å². The maximum Gasteiger partial charge on any atom is 0.141 e. The molecule has 1 fully saturated rings. The number of anilines is 1. The highest BCUT2D eigenvalue weighted by atomic mass is 16.5. The van der Waals surface area contributed by atoms with Gasteiger partial charge in [-0.2, -0.15) is 0 Å². The van der Waals surface area contributed by atoms with Crippen molar-refractivity contribution in [3.8, 4) is 5.75 Å². The fourth-order valence-electron chi connectivity index (χ4n) is 1.91. The SMILES string of the molecule is COc1ccc(C)cc1NCC1CCC1. The third kappa shape index (κ3) is 2.44. The van der Waals surface area contributed by atoms with Crippen LogP contribution < -0.4 is 10.1 Å². The Morgan fingerprint density at radius 2 is 2.20 bits per heavy atom. The van der Waals surface area contributed by atoms with Crippen molar-refractivity contribution in [1.29, 1.82) is 0 Å². The van der Waals surface area contributed by atoms with E-state index in [0.717, 1.165) is 23.9 Å². The van der Waals surface area contributed by atoms with Crippen LogP contribution in [0.4, 0.5) is 5.69 Å². The summed E-state index contributed by atoms with van der Waals surface area (Å²) >= 11 is 0. The highest BCUT2D eigenvalue weighted by Gasteiger charge is 2.17. The molecule has 0 unspecified atom stereocenters. The first kappa shape index (κ1) is 10.3. The average Bonchev–Trinajstić information content (AvgIpc) is 2.16. The van der Waals surface area contributed by atoms with Gasteiger partial charge in [-0.1, -0.05) is 12.5 Å². The molecule has 0 aliphatic heterocycles. The Bertz CT molecular complexity index is 331. The Hall–Kier alpha value is -1.18. The Balaban J connectivity index is 2.00. The summed E-state index contributed by atoms with van der Waals surface area (Å²) in [6, 6.07) is 6.25. The molecule has 0 saturated heterocycles. The molecule has 2 heteroatoms. The van der Waals surface area contributed by atoms with E-state index in [-0.39, 0.29) is 0 Å². The van der Waals surface area contributed by atoms with Crippen molar-refractivity contribution in [2.75, 3.05) is 19.0 Å². The molecule has 15 heavy (non-hydrogen) atoms. The molecule has 0 amide bonds. The zero-order chi connectivity index (χ0) is 10.7. The van der Waals surface area contributed by atoms with Gasteiger partial charge in [0.25, 0.3) is 0 Å². The summed E-state index contributed by atoms with van der Waals surface area (Å²) in [5.41, 5.74) is 2.40. The molecule has 0 aromatic heterocycles. The fourth-order valence-corrected chi connectivity index (χ4v) is 1.91. The summed E-state index contributed by atoms with van der Waals surface area (Å²) in [6.07, 6.45) is 4.15. The lowest BCUT2D eigenvalue weighted by Gasteiger charge is -2.26. The minimum atomic E-state index is 0.871. The van der Waals surface area contributed by atoms with E-state index in [2.05, 4.69) is 24.4 Å². The van der Waals surface area contributed by atoms with Gasteiger partial charge in [-0.05, 0) is 43.4 Å². The number of nitrogens with one attached hydrogen (secondary N) is 1. The number of aryl methyl sites for hydroxylation is 1. The third-order valence-electron chi connectivity index (χ3n) is 3.16. The van der Waals surface area contributed by atoms with Crippen molar-refractivity contribution in [1.82, 2.24) is 0 Å². The average molecular weight is 205 g/mol. The quantitative estimate of drug-likeness (QED) is 0.815. The topological polar surface area (TPSA) is 21.3 Å². The zero-order valence-electron chi connectivity index (χ0n) is 9.55. The molecule has 0 radical (unpaired) electrons. The predicted octanol–water partition coefficient (Wildman–Crippen LogP) is 3.22. The van der Waals surface area contributed by atoms with Gasteiger partial charge in [-0.15, -0.1) is 0 Å². The number of ether oxygens (including phenoxy) is 1. The third-order valence-corrected chi connectivity index (χ3v) is 3.16. The van der Waals surface area contributed by atoms with Crippen molar-refractivity contribution < 1.29 is 4.74 Å².